The highest BCUT2D eigenvalue weighted by Crippen LogP contribution is 2.33. The van der Waals surface area contributed by atoms with E-state index < -0.39 is 15.4 Å². The number of nitrogens with one attached hydrogen (secondary N) is 1. The number of anilines is 2. The Labute approximate surface area is 107 Å². The van der Waals surface area contributed by atoms with E-state index in [4.69, 9.17) is 5.73 Å². The van der Waals surface area contributed by atoms with E-state index in [-0.39, 0.29) is 10.6 Å². The highest BCUT2D eigenvalue weighted by Gasteiger charge is 2.34. The summed E-state index contributed by atoms with van der Waals surface area (Å²) in [5.41, 5.74) is 5.93. The van der Waals surface area contributed by atoms with Crippen molar-refractivity contribution in [2.75, 3.05) is 23.9 Å². The first-order chi connectivity index (χ1) is 8.32. The van der Waals surface area contributed by atoms with Crippen LogP contribution in [0.4, 0.5) is 11.4 Å². The summed E-state index contributed by atoms with van der Waals surface area (Å²) < 4.78 is 23.0. The summed E-state index contributed by atoms with van der Waals surface area (Å²) in [6.07, 6.45) is 3.69. The van der Waals surface area contributed by atoms with Crippen molar-refractivity contribution in [2.45, 2.75) is 29.8 Å². The van der Waals surface area contributed by atoms with Gasteiger partial charge in [0.1, 0.15) is 0 Å². The lowest BCUT2D eigenvalue weighted by atomic mass is 9.80. The number of hydrogen-bond acceptors (Lipinski definition) is 5. The van der Waals surface area contributed by atoms with Gasteiger partial charge in [-0.3, -0.25) is 0 Å². The second-order valence-corrected chi connectivity index (χ2v) is 6.91. The molecule has 18 heavy (non-hydrogen) atoms. The van der Waals surface area contributed by atoms with Crippen molar-refractivity contribution in [3.05, 3.63) is 18.2 Å². The zero-order valence-corrected chi connectivity index (χ0v) is 11.1. The minimum atomic E-state index is -3.33. The molecule has 1 aromatic carbocycles. The Bertz CT molecular complexity index is 550. The van der Waals surface area contributed by atoms with Crippen LogP contribution in [0.15, 0.2) is 23.1 Å². The van der Waals surface area contributed by atoms with Crippen molar-refractivity contribution < 1.29 is 13.5 Å². The molecule has 0 aromatic heterocycles. The monoisotopic (exact) mass is 270 g/mol. The molecule has 0 unspecified atom stereocenters. The molecule has 4 N–H and O–H groups in total. The normalized spacial score (nSPS) is 18.1. The largest absolute Gasteiger partial charge is 0.396 e. The summed E-state index contributed by atoms with van der Waals surface area (Å²) in [7, 11) is -3.33. The highest BCUT2D eigenvalue weighted by atomic mass is 32.2. The van der Waals surface area contributed by atoms with E-state index in [1.165, 1.54) is 6.07 Å². The van der Waals surface area contributed by atoms with Crippen LogP contribution in [-0.2, 0) is 9.84 Å². The third-order valence-corrected chi connectivity index (χ3v) is 4.51. The Kier molecular flexibility index (Phi) is 3.25. The Balaban J connectivity index is 2.19. The summed E-state index contributed by atoms with van der Waals surface area (Å²) in [6.45, 7) is 0.393. The molecule has 0 saturated heterocycles. The molecule has 0 radical (unpaired) electrons. The first-order valence-electron chi connectivity index (χ1n) is 5.87. The number of hydrogen-bond donors (Lipinski definition) is 3. The Morgan fingerprint density at radius 3 is 2.61 bits per heavy atom. The third kappa shape index (κ3) is 2.59. The topological polar surface area (TPSA) is 92.4 Å². The summed E-state index contributed by atoms with van der Waals surface area (Å²) >= 11 is 0. The maximum atomic E-state index is 11.5. The maximum absolute atomic E-state index is 11.5. The number of benzene rings is 1. The van der Waals surface area contributed by atoms with Crippen LogP contribution < -0.4 is 11.1 Å². The maximum Gasteiger partial charge on any atom is 0.177 e. The summed E-state index contributed by atoms with van der Waals surface area (Å²) in [4.78, 5) is 0.119. The van der Waals surface area contributed by atoms with Gasteiger partial charge in [0.15, 0.2) is 9.84 Å². The standard InChI is InChI=1S/C12H18N2O3S/c1-18(16,17)10-5-2-4-9(11(10)13)14-8-12(15)6-3-7-12/h2,4-5,14-15H,3,6-8,13H2,1H3. The zero-order chi connectivity index (χ0) is 13.4. The van der Waals surface area contributed by atoms with Gasteiger partial charge in [0.25, 0.3) is 0 Å². The first kappa shape index (κ1) is 13.2. The van der Waals surface area contributed by atoms with Gasteiger partial charge in [0, 0.05) is 12.8 Å². The van der Waals surface area contributed by atoms with Crippen LogP contribution in [-0.4, -0.2) is 31.9 Å². The van der Waals surface area contributed by atoms with Gasteiger partial charge in [0.05, 0.1) is 21.9 Å². The molecule has 1 aliphatic rings. The molecule has 0 heterocycles. The zero-order valence-electron chi connectivity index (χ0n) is 10.3. The van der Waals surface area contributed by atoms with Crippen LogP contribution in [0.1, 0.15) is 19.3 Å². The van der Waals surface area contributed by atoms with Crippen LogP contribution in [0.25, 0.3) is 0 Å². The average molecular weight is 270 g/mol. The van der Waals surface area contributed by atoms with E-state index in [0.29, 0.717) is 12.2 Å². The van der Waals surface area contributed by atoms with E-state index in [9.17, 15) is 13.5 Å². The average Bonchev–Trinajstić information content (AvgIpc) is 2.23. The fourth-order valence-corrected chi connectivity index (χ4v) is 2.88. The van der Waals surface area contributed by atoms with Crippen molar-refractivity contribution in [2.24, 2.45) is 0 Å². The number of aliphatic hydroxyl groups is 1. The Hall–Kier alpha value is -1.27. The smallest absolute Gasteiger partial charge is 0.177 e. The van der Waals surface area contributed by atoms with E-state index in [1.807, 2.05) is 0 Å². The Morgan fingerprint density at radius 1 is 1.44 bits per heavy atom. The molecule has 0 spiro atoms. The minimum Gasteiger partial charge on any atom is -0.396 e. The van der Waals surface area contributed by atoms with Crippen molar-refractivity contribution in [1.82, 2.24) is 0 Å². The first-order valence-corrected chi connectivity index (χ1v) is 7.76. The van der Waals surface area contributed by atoms with Crippen molar-refractivity contribution in [1.29, 1.82) is 0 Å². The van der Waals surface area contributed by atoms with Crippen LogP contribution >= 0.6 is 0 Å². The molecule has 2 rings (SSSR count). The molecule has 5 nitrogen and oxygen atoms in total. The summed E-state index contributed by atoms with van der Waals surface area (Å²) in [5.74, 6) is 0. The fourth-order valence-electron chi connectivity index (χ4n) is 2.04. The molecular weight excluding hydrogens is 252 g/mol. The molecule has 0 amide bonds. The van der Waals surface area contributed by atoms with Gasteiger partial charge < -0.3 is 16.2 Å². The van der Waals surface area contributed by atoms with E-state index in [0.717, 1.165) is 25.5 Å². The summed E-state index contributed by atoms with van der Waals surface area (Å²) in [5, 5.41) is 13.0. The molecule has 0 bridgehead atoms. The predicted octanol–water partition coefficient (Wildman–Crippen LogP) is 0.999. The molecule has 1 aromatic rings. The van der Waals surface area contributed by atoms with Crippen molar-refractivity contribution in [3.8, 4) is 0 Å². The van der Waals surface area contributed by atoms with Crippen LogP contribution in [0, 0.1) is 0 Å². The van der Waals surface area contributed by atoms with Gasteiger partial charge in [-0.25, -0.2) is 8.42 Å². The second-order valence-electron chi connectivity index (χ2n) is 4.92. The van der Waals surface area contributed by atoms with Crippen LogP contribution in [0.2, 0.25) is 0 Å². The lowest BCUT2D eigenvalue weighted by Gasteiger charge is -2.37. The van der Waals surface area contributed by atoms with Gasteiger partial charge >= 0.3 is 0 Å². The number of sulfone groups is 1. The van der Waals surface area contributed by atoms with Gasteiger partial charge in [-0.05, 0) is 31.4 Å². The number of nitrogen functional groups attached to an aromatic ring is 1. The molecule has 1 saturated carbocycles. The van der Waals surface area contributed by atoms with E-state index in [1.54, 1.807) is 12.1 Å². The second kappa shape index (κ2) is 4.44. The van der Waals surface area contributed by atoms with Gasteiger partial charge in [-0.15, -0.1) is 0 Å². The van der Waals surface area contributed by atoms with Gasteiger partial charge in [-0.1, -0.05) is 6.07 Å². The minimum absolute atomic E-state index is 0.119. The number of rotatable bonds is 4. The Morgan fingerprint density at radius 2 is 2.11 bits per heavy atom. The number of nitrogens with two attached hydrogens (primary N) is 1. The SMILES string of the molecule is CS(=O)(=O)c1cccc(NCC2(O)CCC2)c1N. The quantitative estimate of drug-likeness (QED) is 0.710. The molecule has 1 aliphatic carbocycles. The number of para-hydroxylation sites is 1. The molecule has 0 atom stereocenters. The van der Waals surface area contributed by atoms with Crippen LogP contribution in [0.5, 0.6) is 0 Å². The lowest BCUT2D eigenvalue weighted by molar-refractivity contribution is -0.0201. The molecule has 1 fully saturated rings. The van der Waals surface area contributed by atoms with Gasteiger partial charge in [-0.2, -0.15) is 0 Å². The molecule has 100 valence electrons. The summed E-state index contributed by atoms with van der Waals surface area (Å²) in [6, 6.07) is 4.83. The van der Waals surface area contributed by atoms with E-state index in [2.05, 4.69) is 5.32 Å². The highest BCUT2D eigenvalue weighted by molar-refractivity contribution is 7.90. The van der Waals surface area contributed by atoms with Gasteiger partial charge in [0.2, 0.25) is 0 Å². The third-order valence-electron chi connectivity index (χ3n) is 3.36. The van der Waals surface area contributed by atoms with Crippen molar-refractivity contribution in [3.63, 3.8) is 0 Å². The van der Waals surface area contributed by atoms with Crippen LogP contribution in [0.3, 0.4) is 0 Å². The predicted molar refractivity (Wildman–Crippen MR) is 71.3 cm³/mol. The molecular formula is C12H18N2O3S. The fraction of sp³-hybridized carbons (Fsp3) is 0.500. The van der Waals surface area contributed by atoms with E-state index >= 15 is 0 Å². The lowest BCUT2D eigenvalue weighted by Crippen LogP contribution is -2.43. The molecule has 6 heteroatoms. The van der Waals surface area contributed by atoms with Crippen molar-refractivity contribution >= 4 is 21.2 Å². The molecule has 0 aliphatic heterocycles.